The quantitative estimate of drug-likeness (QED) is 0.608. The van der Waals surface area contributed by atoms with Crippen LogP contribution in [0.15, 0.2) is 34.9 Å². The van der Waals surface area contributed by atoms with Crippen LogP contribution < -0.4 is 0 Å². The molecule has 49 valence electrons. The molecule has 2 heteroatoms. The van der Waals surface area contributed by atoms with Gasteiger partial charge in [-0.1, -0.05) is 6.07 Å². The number of nitrogens with zero attached hydrogens (tertiary/aromatic N) is 1. The molecule has 0 saturated heterocycles. The van der Waals surface area contributed by atoms with Crippen LogP contribution in [-0.4, -0.2) is 4.40 Å². The van der Waals surface area contributed by atoms with E-state index in [1.54, 1.807) is 0 Å². The molecule has 0 saturated carbocycles. The zero-order chi connectivity index (χ0) is 6.97. The second-order valence-corrected chi connectivity index (χ2v) is 2.93. The number of hydrogen-bond donors (Lipinski definition) is 0. The summed E-state index contributed by atoms with van der Waals surface area (Å²) in [4.78, 5) is 0. The van der Waals surface area contributed by atoms with E-state index in [2.05, 4.69) is 22.1 Å². The Morgan fingerprint density at radius 2 is 2.30 bits per heavy atom. The van der Waals surface area contributed by atoms with Gasteiger partial charge in [0, 0.05) is 10.7 Å². The molecular weight excluding hydrogens is 190 g/mol. The zero-order valence-corrected chi connectivity index (χ0v) is 6.80. The van der Waals surface area contributed by atoms with E-state index in [1.165, 1.54) is 0 Å². The van der Waals surface area contributed by atoms with Crippen molar-refractivity contribution < 1.29 is 0 Å². The first kappa shape index (κ1) is 5.98. The number of pyridine rings is 1. The van der Waals surface area contributed by atoms with Crippen LogP contribution in [0.5, 0.6) is 0 Å². The Balaban J connectivity index is 2.93. The highest BCUT2D eigenvalue weighted by Gasteiger charge is 1.94. The molecule has 2 aromatic rings. The predicted octanol–water partition coefficient (Wildman–Crippen LogP) is 2.50. The predicted molar refractivity (Wildman–Crippen MR) is 43.9 cm³/mol. The molecule has 0 atom stereocenters. The maximum atomic E-state index is 3.41. The molecule has 0 aliphatic heterocycles. The smallest absolute Gasteiger partial charge is 0.0709 e. The first-order valence-corrected chi connectivity index (χ1v) is 3.80. The van der Waals surface area contributed by atoms with Crippen molar-refractivity contribution in [3.05, 3.63) is 41.1 Å². The van der Waals surface area contributed by atoms with Gasteiger partial charge in [0.1, 0.15) is 0 Å². The molecule has 0 fully saturated rings. The summed E-state index contributed by atoms with van der Waals surface area (Å²) in [6.07, 6.45) is 5.03. The minimum atomic E-state index is 1.09. The van der Waals surface area contributed by atoms with Gasteiger partial charge in [0.2, 0.25) is 0 Å². The number of aromatic nitrogens is 1. The molecule has 0 aliphatic carbocycles. The fourth-order valence-electron chi connectivity index (χ4n) is 0.950. The SMILES string of the molecule is Brc1c[c]n2ccccc12. The summed E-state index contributed by atoms with van der Waals surface area (Å²) in [6, 6.07) is 7.94. The molecule has 1 nitrogen and oxygen atoms in total. The molecule has 0 unspecified atom stereocenters. The highest BCUT2D eigenvalue weighted by Crippen LogP contribution is 2.17. The summed E-state index contributed by atoms with van der Waals surface area (Å²) in [5, 5.41) is 0. The molecule has 0 spiro atoms. The van der Waals surface area contributed by atoms with Crippen molar-refractivity contribution in [3.63, 3.8) is 0 Å². The van der Waals surface area contributed by atoms with E-state index in [9.17, 15) is 0 Å². The van der Waals surface area contributed by atoms with Crippen molar-refractivity contribution in [3.8, 4) is 0 Å². The topological polar surface area (TPSA) is 4.41 Å². The van der Waals surface area contributed by atoms with Gasteiger partial charge in [-0.05, 0) is 34.1 Å². The first-order valence-electron chi connectivity index (χ1n) is 3.01. The van der Waals surface area contributed by atoms with E-state index in [0.717, 1.165) is 9.99 Å². The van der Waals surface area contributed by atoms with Gasteiger partial charge in [-0.15, -0.1) is 0 Å². The average molecular weight is 195 g/mol. The Morgan fingerprint density at radius 3 is 3.10 bits per heavy atom. The van der Waals surface area contributed by atoms with Crippen LogP contribution in [0.4, 0.5) is 0 Å². The standard InChI is InChI=1S/C8H5BrN/c9-7-4-6-10-5-2-1-3-8(7)10/h1-5H. The van der Waals surface area contributed by atoms with Gasteiger partial charge < -0.3 is 4.40 Å². The second-order valence-electron chi connectivity index (χ2n) is 2.08. The summed E-state index contributed by atoms with van der Waals surface area (Å²) >= 11 is 3.41. The minimum Gasteiger partial charge on any atom is -0.314 e. The minimum absolute atomic E-state index is 1.09. The van der Waals surface area contributed by atoms with Gasteiger partial charge in [0.25, 0.3) is 0 Å². The summed E-state index contributed by atoms with van der Waals surface area (Å²) in [6.45, 7) is 0. The highest BCUT2D eigenvalue weighted by atomic mass is 79.9. The number of fused-ring (bicyclic) bond motifs is 1. The summed E-state index contributed by atoms with van der Waals surface area (Å²) in [5.74, 6) is 0. The third-order valence-electron chi connectivity index (χ3n) is 1.43. The number of hydrogen-bond acceptors (Lipinski definition) is 0. The Labute approximate surface area is 67.4 Å². The van der Waals surface area contributed by atoms with Crippen LogP contribution in [-0.2, 0) is 0 Å². The summed E-state index contributed by atoms with van der Waals surface area (Å²) in [5.41, 5.74) is 1.16. The largest absolute Gasteiger partial charge is 0.314 e. The first-order chi connectivity index (χ1) is 4.88. The Hall–Kier alpha value is -0.760. The lowest BCUT2D eigenvalue weighted by Gasteiger charge is -1.90. The molecule has 10 heavy (non-hydrogen) atoms. The average Bonchev–Trinajstić information content (AvgIpc) is 2.34. The van der Waals surface area contributed by atoms with Crippen molar-refractivity contribution in [1.29, 1.82) is 0 Å². The Bertz CT molecular complexity index is 351. The van der Waals surface area contributed by atoms with Crippen molar-refractivity contribution in [1.82, 2.24) is 4.40 Å². The molecule has 2 heterocycles. The third-order valence-corrected chi connectivity index (χ3v) is 2.07. The molecule has 1 radical (unpaired) electrons. The van der Waals surface area contributed by atoms with Crippen LogP contribution >= 0.6 is 15.9 Å². The van der Waals surface area contributed by atoms with Crippen molar-refractivity contribution in [2.45, 2.75) is 0 Å². The molecule has 0 aromatic carbocycles. The van der Waals surface area contributed by atoms with Gasteiger partial charge in [-0.2, -0.15) is 0 Å². The van der Waals surface area contributed by atoms with Crippen LogP contribution in [0.25, 0.3) is 5.52 Å². The molecule has 0 aliphatic rings. The van der Waals surface area contributed by atoms with E-state index < -0.39 is 0 Å². The van der Waals surface area contributed by atoms with Gasteiger partial charge in [0.05, 0.1) is 11.7 Å². The van der Waals surface area contributed by atoms with E-state index in [1.807, 2.05) is 34.9 Å². The molecule has 2 aromatic heterocycles. The third kappa shape index (κ3) is 0.762. The highest BCUT2D eigenvalue weighted by molar-refractivity contribution is 9.10. The fourth-order valence-corrected chi connectivity index (χ4v) is 1.38. The molecule has 0 bridgehead atoms. The monoisotopic (exact) mass is 194 g/mol. The zero-order valence-electron chi connectivity index (χ0n) is 5.21. The normalized spacial score (nSPS) is 10.5. The summed E-state index contributed by atoms with van der Waals surface area (Å²) < 4.78 is 3.04. The second kappa shape index (κ2) is 2.13. The van der Waals surface area contributed by atoms with E-state index >= 15 is 0 Å². The Kier molecular flexibility index (Phi) is 1.27. The molecule has 2 rings (SSSR count). The van der Waals surface area contributed by atoms with E-state index in [4.69, 9.17) is 0 Å². The maximum Gasteiger partial charge on any atom is 0.0709 e. The van der Waals surface area contributed by atoms with Crippen LogP contribution in [0.1, 0.15) is 0 Å². The van der Waals surface area contributed by atoms with Gasteiger partial charge in [-0.3, -0.25) is 0 Å². The Morgan fingerprint density at radius 1 is 1.40 bits per heavy atom. The van der Waals surface area contributed by atoms with E-state index in [0.29, 0.717) is 0 Å². The lowest BCUT2D eigenvalue weighted by molar-refractivity contribution is 1.19. The van der Waals surface area contributed by atoms with Crippen LogP contribution in [0.2, 0.25) is 0 Å². The number of rotatable bonds is 0. The molecule has 0 N–H and O–H groups in total. The van der Waals surface area contributed by atoms with Crippen LogP contribution in [0, 0.1) is 6.20 Å². The van der Waals surface area contributed by atoms with Gasteiger partial charge in [-0.25, -0.2) is 0 Å². The molecular formula is C8H5BrN. The number of halogens is 1. The lowest BCUT2D eigenvalue weighted by Crippen LogP contribution is -1.77. The van der Waals surface area contributed by atoms with E-state index in [-0.39, 0.29) is 0 Å². The molecule has 0 amide bonds. The summed E-state index contributed by atoms with van der Waals surface area (Å²) in [7, 11) is 0. The fraction of sp³-hybridized carbons (Fsp3) is 0. The van der Waals surface area contributed by atoms with Crippen molar-refractivity contribution in [2.24, 2.45) is 0 Å². The van der Waals surface area contributed by atoms with Crippen LogP contribution in [0.3, 0.4) is 0 Å². The lowest BCUT2D eigenvalue weighted by atomic mass is 10.4. The van der Waals surface area contributed by atoms with Gasteiger partial charge >= 0.3 is 0 Å². The van der Waals surface area contributed by atoms with Crippen molar-refractivity contribution >= 4 is 21.4 Å². The van der Waals surface area contributed by atoms with Gasteiger partial charge in [0.15, 0.2) is 0 Å². The maximum absolute atomic E-state index is 3.41. The van der Waals surface area contributed by atoms with Crippen molar-refractivity contribution in [2.75, 3.05) is 0 Å².